The van der Waals surface area contributed by atoms with Gasteiger partial charge in [0.2, 0.25) is 5.91 Å². The van der Waals surface area contributed by atoms with Crippen LogP contribution in [0.15, 0.2) is 12.1 Å². The Morgan fingerprint density at radius 3 is 2.72 bits per heavy atom. The Labute approximate surface area is 104 Å². The molecule has 1 rings (SSSR count). The lowest BCUT2D eigenvalue weighted by molar-refractivity contribution is -0.122. The number of hydrogen-bond acceptors (Lipinski definition) is 6. The Morgan fingerprint density at radius 1 is 1.39 bits per heavy atom. The molecule has 1 aromatic rings. The lowest BCUT2D eigenvalue weighted by Crippen LogP contribution is -2.29. The summed E-state index contributed by atoms with van der Waals surface area (Å²) in [5.41, 5.74) is 5.09. The Morgan fingerprint density at radius 2 is 2.17 bits per heavy atom. The van der Waals surface area contributed by atoms with E-state index in [1.807, 2.05) is 0 Å². The maximum atomic E-state index is 11.6. The van der Waals surface area contributed by atoms with E-state index < -0.39 is 5.91 Å². The molecule has 0 spiro atoms. The van der Waals surface area contributed by atoms with Crippen LogP contribution in [-0.2, 0) is 9.53 Å². The molecular weight excluding hydrogens is 238 g/mol. The molecule has 0 aromatic carbocycles. The minimum absolute atomic E-state index is 0.160. The van der Waals surface area contributed by atoms with Gasteiger partial charge in [0, 0.05) is 13.6 Å². The predicted octanol–water partition coefficient (Wildman–Crippen LogP) is -1.25. The molecule has 0 aliphatic heterocycles. The maximum absolute atomic E-state index is 11.6. The van der Waals surface area contributed by atoms with E-state index in [-0.39, 0.29) is 31.4 Å². The standard InChI is InChI=1S/C10H15N5O3/c1-12-9-3-2-7(14-15-9)10(17)13-4-5-18-6-8(11)16/h2-3H,4-6H2,1H3,(H2,11,16)(H,12,15)(H,13,17). The van der Waals surface area contributed by atoms with E-state index in [0.29, 0.717) is 5.82 Å². The van der Waals surface area contributed by atoms with Crippen LogP contribution in [-0.4, -0.2) is 48.8 Å². The molecule has 1 heterocycles. The van der Waals surface area contributed by atoms with Gasteiger partial charge in [0.25, 0.3) is 5.91 Å². The SMILES string of the molecule is CNc1ccc(C(=O)NCCOCC(N)=O)nn1. The molecule has 2 amide bonds. The van der Waals surface area contributed by atoms with E-state index in [9.17, 15) is 9.59 Å². The van der Waals surface area contributed by atoms with Gasteiger partial charge in [-0.15, -0.1) is 10.2 Å². The summed E-state index contributed by atoms with van der Waals surface area (Å²) in [6.45, 7) is 0.310. The summed E-state index contributed by atoms with van der Waals surface area (Å²) in [7, 11) is 1.71. The summed E-state index contributed by atoms with van der Waals surface area (Å²) >= 11 is 0. The van der Waals surface area contributed by atoms with Crippen LogP contribution in [0.1, 0.15) is 10.5 Å². The van der Waals surface area contributed by atoms with Gasteiger partial charge in [0.15, 0.2) is 5.69 Å². The topological polar surface area (TPSA) is 119 Å². The van der Waals surface area contributed by atoms with Gasteiger partial charge in [-0.25, -0.2) is 0 Å². The molecule has 0 unspecified atom stereocenters. The number of rotatable bonds is 7. The van der Waals surface area contributed by atoms with Crippen molar-refractivity contribution in [3.05, 3.63) is 17.8 Å². The molecule has 0 aliphatic rings. The van der Waals surface area contributed by atoms with Crippen LogP contribution < -0.4 is 16.4 Å². The van der Waals surface area contributed by atoms with Crippen LogP contribution >= 0.6 is 0 Å². The molecule has 0 bridgehead atoms. The molecule has 0 fully saturated rings. The highest BCUT2D eigenvalue weighted by Crippen LogP contribution is 1.99. The normalized spacial score (nSPS) is 9.83. The maximum Gasteiger partial charge on any atom is 0.271 e. The summed E-state index contributed by atoms with van der Waals surface area (Å²) in [5.74, 6) is -0.320. The Kier molecular flexibility index (Phi) is 5.52. The first-order chi connectivity index (χ1) is 8.63. The molecule has 4 N–H and O–H groups in total. The number of anilines is 1. The molecule has 0 atom stereocenters. The first kappa shape index (κ1) is 13.8. The van der Waals surface area contributed by atoms with E-state index in [0.717, 1.165) is 0 Å². The number of primary amides is 1. The fourth-order valence-electron chi connectivity index (χ4n) is 1.09. The number of nitrogens with zero attached hydrogens (tertiary/aromatic N) is 2. The molecule has 0 radical (unpaired) electrons. The van der Waals surface area contributed by atoms with Gasteiger partial charge in [-0.2, -0.15) is 0 Å². The Bertz CT molecular complexity index is 406. The van der Waals surface area contributed by atoms with Crippen LogP contribution in [0.4, 0.5) is 5.82 Å². The zero-order valence-electron chi connectivity index (χ0n) is 9.97. The van der Waals surface area contributed by atoms with E-state index >= 15 is 0 Å². The molecule has 0 saturated carbocycles. The van der Waals surface area contributed by atoms with Crippen molar-refractivity contribution in [2.45, 2.75) is 0 Å². The number of ether oxygens (including phenoxy) is 1. The second kappa shape index (κ2) is 7.17. The third kappa shape index (κ3) is 4.74. The Balaban J connectivity index is 2.29. The lowest BCUT2D eigenvalue weighted by atomic mass is 10.3. The fraction of sp³-hybridized carbons (Fsp3) is 0.400. The van der Waals surface area contributed by atoms with Crippen molar-refractivity contribution < 1.29 is 14.3 Å². The summed E-state index contributed by atoms with van der Waals surface area (Å²) in [5, 5.41) is 12.9. The second-order valence-corrected chi connectivity index (χ2v) is 3.33. The monoisotopic (exact) mass is 253 g/mol. The number of hydrogen-bond donors (Lipinski definition) is 3. The minimum atomic E-state index is -0.546. The van der Waals surface area contributed by atoms with E-state index in [4.69, 9.17) is 10.5 Å². The highest BCUT2D eigenvalue weighted by atomic mass is 16.5. The second-order valence-electron chi connectivity index (χ2n) is 3.33. The zero-order chi connectivity index (χ0) is 13.4. The summed E-state index contributed by atoms with van der Waals surface area (Å²) in [4.78, 5) is 21.9. The molecule has 0 aliphatic carbocycles. The van der Waals surface area contributed by atoms with Crippen LogP contribution in [0.2, 0.25) is 0 Å². The molecule has 8 nitrogen and oxygen atoms in total. The molecule has 18 heavy (non-hydrogen) atoms. The van der Waals surface area contributed by atoms with Crippen LogP contribution in [0.3, 0.4) is 0 Å². The van der Waals surface area contributed by atoms with Gasteiger partial charge in [0.05, 0.1) is 6.61 Å². The zero-order valence-corrected chi connectivity index (χ0v) is 9.97. The molecular formula is C10H15N5O3. The number of nitrogens with two attached hydrogens (primary N) is 1. The fourth-order valence-corrected chi connectivity index (χ4v) is 1.09. The predicted molar refractivity (Wildman–Crippen MR) is 63.9 cm³/mol. The van der Waals surface area contributed by atoms with Crippen molar-refractivity contribution >= 4 is 17.6 Å². The summed E-state index contributed by atoms with van der Waals surface area (Å²) in [6.07, 6.45) is 0. The van der Waals surface area contributed by atoms with Crippen molar-refractivity contribution in [2.24, 2.45) is 5.73 Å². The molecule has 0 saturated heterocycles. The van der Waals surface area contributed by atoms with E-state index in [2.05, 4.69) is 20.8 Å². The summed E-state index contributed by atoms with van der Waals surface area (Å²) in [6, 6.07) is 3.20. The lowest BCUT2D eigenvalue weighted by Gasteiger charge is -2.05. The average molecular weight is 253 g/mol. The van der Waals surface area contributed by atoms with Crippen LogP contribution in [0, 0.1) is 0 Å². The summed E-state index contributed by atoms with van der Waals surface area (Å²) < 4.78 is 4.88. The van der Waals surface area contributed by atoms with Gasteiger partial charge >= 0.3 is 0 Å². The number of carbonyl (C=O) groups is 2. The number of carbonyl (C=O) groups excluding carboxylic acids is 2. The van der Waals surface area contributed by atoms with Gasteiger partial charge in [0.1, 0.15) is 12.4 Å². The first-order valence-electron chi connectivity index (χ1n) is 5.29. The van der Waals surface area contributed by atoms with Crippen molar-refractivity contribution in [3.8, 4) is 0 Å². The Hall–Kier alpha value is -2.22. The van der Waals surface area contributed by atoms with Gasteiger partial charge in [-0.05, 0) is 12.1 Å². The van der Waals surface area contributed by atoms with Gasteiger partial charge in [-0.1, -0.05) is 0 Å². The van der Waals surface area contributed by atoms with Crippen molar-refractivity contribution in [2.75, 3.05) is 32.1 Å². The highest BCUT2D eigenvalue weighted by Gasteiger charge is 2.07. The van der Waals surface area contributed by atoms with Gasteiger partial charge in [-0.3, -0.25) is 9.59 Å². The van der Waals surface area contributed by atoms with Crippen molar-refractivity contribution in [1.82, 2.24) is 15.5 Å². The first-order valence-corrected chi connectivity index (χ1v) is 5.29. The third-order valence-electron chi connectivity index (χ3n) is 1.93. The van der Waals surface area contributed by atoms with Crippen LogP contribution in [0.25, 0.3) is 0 Å². The average Bonchev–Trinajstić information content (AvgIpc) is 2.38. The van der Waals surface area contributed by atoms with E-state index in [1.54, 1.807) is 19.2 Å². The largest absolute Gasteiger partial charge is 0.372 e. The number of amides is 2. The molecule has 1 aromatic heterocycles. The van der Waals surface area contributed by atoms with E-state index in [1.165, 1.54) is 0 Å². The van der Waals surface area contributed by atoms with Crippen molar-refractivity contribution in [3.63, 3.8) is 0 Å². The minimum Gasteiger partial charge on any atom is -0.372 e. The third-order valence-corrected chi connectivity index (χ3v) is 1.93. The van der Waals surface area contributed by atoms with Gasteiger partial charge < -0.3 is 21.1 Å². The highest BCUT2D eigenvalue weighted by molar-refractivity contribution is 5.92. The number of nitrogens with one attached hydrogen (secondary N) is 2. The van der Waals surface area contributed by atoms with Crippen LogP contribution in [0.5, 0.6) is 0 Å². The molecule has 98 valence electrons. The quantitative estimate of drug-likeness (QED) is 0.522. The van der Waals surface area contributed by atoms with Crippen molar-refractivity contribution in [1.29, 1.82) is 0 Å². The number of aromatic nitrogens is 2. The smallest absolute Gasteiger partial charge is 0.271 e. The molecule has 8 heteroatoms.